The van der Waals surface area contributed by atoms with Crippen LogP contribution in [0.4, 0.5) is 5.82 Å². The molecule has 1 aromatic carbocycles. The average Bonchev–Trinajstić information content (AvgIpc) is 3.10. The number of hydrogen-bond donors (Lipinski definition) is 0. The van der Waals surface area contributed by atoms with E-state index in [-0.39, 0.29) is 12.5 Å². The molecule has 2 aliphatic rings. The minimum Gasteiger partial charge on any atom is -0.482 e. The fourth-order valence-corrected chi connectivity index (χ4v) is 3.29. The van der Waals surface area contributed by atoms with E-state index in [4.69, 9.17) is 9.72 Å². The van der Waals surface area contributed by atoms with E-state index < -0.39 is 0 Å². The number of amides is 1. The van der Waals surface area contributed by atoms with E-state index in [1.807, 2.05) is 47.4 Å². The molecule has 124 valence electrons. The van der Waals surface area contributed by atoms with Crippen LogP contribution >= 0.6 is 0 Å². The SMILES string of the molecule is O=C1COc2ccc(N3CCCC3)nc2CN1Cc1ccccc1. The highest BCUT2D eigenvalue weighted by Crippen LogP contribution is 2.27. The molecule has 1 aromatic heterocycles. The molecule has 2 aromatic rings. The largest absolute Gasteiger partial charge is 0.482 e. The van der Waals surface area contributed by atoms with Crippen LogP contribution in [0.5, 0.6) is 5.75 Å². The van der Waals surface area contributed by atoms with E-state index in [0.29, 0.717) is 13.1 Å². The summed E-state index contributed by atoms with van der Waals surface area (Å²) in [6, 6.07) is 14.0. The predicted octanol–water partition coefficient (Wildman–Crippen LogP) is 2.60. The van der Waals surface area contributed by atoms with Gasteiger partial charge < -0.3 is 14.5 Å². The molecular weight excluding hydrogens is 302 g/mol. The van der Waals surface area contributed by atoms with Gasteiger partial charge in [0.2, 0.25) is 0 Å². The summed E-state index contributed by atoms with van der Waals surface area (Å²) < 4.78 is 5.67. The minimum absolute atomic E-state index is 0.000393. The third kappa shape index (κ3) is 3.07. The summed E-state index contributed by atoms with van der Waals surface area (Å²) in [6.07, 6.45) is 2.43. The van der Waals surface area contributed by atoms with E-state index in [2.05, 4.69) is 4.90 Å². The molecule has 1 amide bonds. The van der Waals surface area contributed by atoms with Crippen LogP contribution in [0.15, 0.2) is 42.5 Å². The van der Waals surface area contributed by atoms with E-state index >= 15 is 0 Å². The van der Waals surface area contributed by atoms with Gasteiger partial charge in [-0.15, -0.1) is 0 Å². The number of hydrogen-bond acceptors (Lipinski definition) is 4. The molecule has 0 N–H and O–H groups in total. The second kappa shape index (κ2) is 6.51. The first kappa shape index (κ1) is 15.0. The Morgan fingerprint density at radius 1 is 1.04 bits per heavy atom. The quantitative estimate of drug-likeness (QED) is 0.871. The summed E-state index contributed by atoms with van der Waals surface area (Å²) in [5, 5.41) is 0. The minimum atomic E-state index is -0.000393. The highest BCUT2D eigenvalue weighted by molar-refractivity contribution is 5.78. The molecule has 1 fully saturated rings. The Morgan fingerprint density at radius 3 is 2.62 bits per heavy atom. The molecule has 0 saturated carbocycles. The summed E-state index contributed by atoms with van der Waals surface area (Å²) in [5.74, 6) is 1.71. The van der Waals surface area contributed by atoms with Crippen molar-refractivity contribution in [3.63, 3.8) is 0 Å². The number of ether oxygens (including phenoxy) is 1. The summed E-state index contributed by atoms with van der Waals surface area (Å²) >= 11 is 0. The van der Waals surface area contributed by atoms with Crippen molar-refractivity contribution >= 4 is 11.7 Å². The van der Waals surface area contributed by atoms with Gasteiger partial charge in [-0.05, 0) is 30.5 Å². The molecule has 1 saturated heterocycles. The monoisotopic (exact) mass is 323 g/mol. The normalized spacial score (nSPS) is 17.4. The first-order chi connectivity index (χ1) is 11.8. The molecule has 3 heterocycles. The molecule has 0 unspecified atom stereocenters. The summed E-state index contributed by atoms with van der Waals surface area (Å²) in [5.41, 5.74) is 1.96. The zero-order chi connectivity index (χ0) is 16.4. The second-order valence-corrected chi connectivity index (χ2v) is 6.33. The van der Waals surface area contributed by atoms with Gasteiger partial charge in [0, 0.05) is 19.6 Å². The Hall–Kier alpha value is -2.56. The summed E-state index contributed by atoms with van der Waals surface area (Å²) in [4.78, 5) is 21.3. The van der Waals surface area contributed by atoms with E-state index in [1.165, 1.54) is 12.8 Å². The van der Waals surface area contributed by atoms with Gasteiger partial charge in [0.15, 0.2) is 6.61 Å². The van der Waals surface area contributed by atoms with Gasteiger partial charge in [-0.1, -0.05) is 30.3 Å². The number of aromatic nitrogens is 1. The number of rotatable bonds is 3. The zero-order valence-corrected chi connectivity index (χ0v) is 13.6. The van der Waals surface area contributed by atoms with E-state index in [9.17, 15) is 4.79 Å². The van der Waals surface area contributed by atoms with Gasteiger partial charge in [-0.2, -0.15) is 0 Å². The number of anilines is 1. The van der Waals surface area contributed by atoms with Crippen molar-refractivity contribution in [1.29, 1.82) is 0 Å². The van der Waals surface area contributed by atoms with Crippen molar-refractivity contribution in [3.8, 4) is 5.75 Å². The van der Waals surface area contributed by atoms with Crippen LogP contribution in [0.2, 0.25) is 0 Å². The number of carbonyl (C=O) groups excluding carboxylic acids is 1. The van der Waals surface area contributed by atoms with Crippen LogP contribution in [-0.4, -0.2) is 35.5 Å². The Labute approximate surface area is 141 Å². The molecule has 24 heavy (non-hydrogen) atoms. The lowest BCUT2D eigenvalue weighted by Gasteiger charge is -2.21. The lowest BCUT2D eigenvalue weighted by atomic mass is 10.2. The topological polar surface area (TPSA) is 45.7 Å². The van der Waals surface area contributed by atoms with Crippen molar-refractivity contribution in [2.75, 3.05) is 24.6 Å². The zero-order valence-electron chi connectivity index (χ0n) is 13.6. The van der Waals surface area contributed by atoms with Crippen LogP contribution in [0.1, 0.15) is 24.1 Å². The van der Waals surface area contributed by atoms with Crippen molar-refractivity contribution in [1.82, 2.24) is 9.88 Å². The molecule has 0 aliphatic carbocycles. The third-order valence-corrected chi connectivity index (χ3v) is 4.61. The smallest absolute Gasteiger partial charge is 0.261 e. The number of carbonyl (C=O) groups is 1. The summed E-state index contributed by atoms with van der Waals surface area (Å²) in [6.45, 7) is 3.26. The van der Waals surface area contributed by atoms with Gasteiger partial charge in [0.05, 0.1) is 6.54 Å². The second-order valence-electron chi connectivity index (χ2n) is 6.33. The maximum Gasteiger partial charge on any atom is 0.261 e. The summed E-state index contributed by atoms with van der Waals surface area (Å²) in [7, 11) is 0. The number of nitrogens with zero attached hydrogens (tertiary/aromatic N) is 3. The highest BCUT2D eigenvalue weighted by atomic mass is 16.5. The maximum atomic E-state index is 12.4. The van der Waals surface area contributed by atoms with Crippen LogP contribution in [0, 0.1) is 0 Å². The van der Waals surface area contributed by atoms with Crippen molar-refractivity contribution < 1.29 is 9.53 Å². The van der Waals surface area contributed by atoms with Gasteiger partial charge >= 0.3 is 0 Å². The van der Waals surface area contributed by atoms with Crippen molar-refractivity contribution in [2.45, 2.75) is 25.9 Å². The van der Waals surface area contributed by atoms with Crippen LogP contribution < -0.4 is 9.64 Å². The van der Waals surface area contributed by atoms with Gasteiger partial charge in [0.1, 0.15) is 17.3 Å². The molecule has 5 heteroatoms. The highest BCUT2D eigenvalue weighted by Gasteiger charge is 2.24. The van der Waals surface area contributed by atoms with Crippen molar-refractivity contribution in [3.05, 3.63) is 53.7 Å². The Kier molecular flexibility index (Phi) is 4.07. The van der Waals surface area contributed by atoms with Crippen molar-refractivity contribution in [2.24, 2.45) is 0 Å². The Morgan fingerprint density at radius 2 is 1.83 bits per heavy atom. The number of pyridine rings is 1. The molecule has 2 aliphatic heterocycles. The molecule has 4 rings (SSSR count). The molecule has 0 atom stereocenters. The molecule has 5 nitrogen and oxygen atoms in total. The molecular formula is C19H21N3O2. The van der Waals surface area contributed by atoms with Gasteiger partial charge in [-0.3, -0.25) is 4.79 Å². The van der Waals surface area contributed by atoms with Gasteiger partial charge in [-0.25, -0.2) is 4.98 Å². The van der Waals surface area contributed by atoms with Crippen LogP contribution in [0.3, 0.4) is 0 Å². The van der Waals surface area contributed by atoms with E-state index in [1.54, 1.807) is 0 Å². The molecule has 0 bridgehead atoms. The molecule has 0 radical (unpaired) electrons. The predicted molar refractivity (Wildman–Crippen MR) is 91.9 cm³/mol. The van der Waals surface area contributed by atoms with Crippen LogP contribution in [-0.2, 0) is 17.9 Å². The first-order valence-electron chi connectivity index (χ1n) is 8.49. The average molecular weight is 323 g/mol. The maximum absolute atomic E-state index is 12.4. The lowest BCUT2D eigenvalue weighted by Crippen LogP contribution is -2.32. The van der Waals surface area contributed by atoms with Gasteiger partial charge in [0.25, 0.3) is 5.91 Å². The lowest BCUT2D eigenvalue weighted by molar-refractivity contribution is -0.133. The first-order valence-corrected chi connectivity index (χ1v) is 8.49. The number of benzene rings is 1. The number of fused-ring (bicyclic) bond motifs is 1. The fourth-order valence-electron chi connectivity index (χ4n) is 3.29. The van der Waals surface area contributed by atoms with E-state index in [0.717, 1.165) is 35.9 Å². The third-order valence-electron chi connectivity index (χ3n) is 4.61. The molecule has 0 spiro atoms. The fraction of sp³-hybridized carbons (Fsp3) is 0.368. The Balaban J connectivity index is 1.58. The Bertz CT molecular complexity index is 727. The standard InChI is InChI=1S/C19H21N3O2/c23-19-14-24-17-8-9-18(21-10-4-5-11-21)20-16(17)13-22(19)12-15-6-2-1-3-7-15/h1-3,6-9H,4-5,10-14H2. The van der Waals surface area contributed by atoms with Crippen LogP contribution in [0.25, 0.3) is 0 Å².